The lowest BCUT2D eigenvalue weighted by Gasteiger charge is -2.19. The molecule has 0 atom stereocenters. The van der Waals surface area contributed by atoms with Gasteiger partial charge in [-0.15, -0.1) is 0 Å². The van der Waals surface area contributed by atoms with Crippen molar-refractivity contribution in [3.05, 3.63) is 56.8 Å². The summed E-state index contributed by atoms with van der Waals surface area (Å²) in [6.07, 6.45) is 3.81. The number of sulfonamides is 1. The molecule has 1 aromatic heterocycles. The number of benzene rings is 2. The average molecular weight is 557 g/mol. The zero-order valence-corrected chi connectivity index (χ0v) is 22.5. The van der Waals surface area contributed by atoms with Crippen LogP contribution in [0.25, 0.3) is 10.2 Å². The largest absolute Gasteiger partial charge is 0.380 e. The summed E-state index contributed by atoms with van der Waals surface area (Å²) in [5, 5.41) is 0.815. The van der Waals surface area contributed by atoms with Crippen LogP contribution in [0.2, 0.25) is 10.0 Å². The zero-order valence-electron chi connectivity index (χ0n) is 19.4. The van der Waals surface area contributed by atoms with Gasteiger partial charge in [0.15, 0.2) is 4.80 Å². The highest BCUT2D eigenvalue weighted by atomic mass is 35.5. The average Bonchev–Trinajstić information content (AvgIpc) is 3.01. The first kappa shape index (κ1) is 26.3. The topological polar surface area (TPSA) is 81.0 Å². The molecule has 0 saturated carbocycles. The predicted molar refractivity (Wildman–Crippen MR) is 140 cm³/mol. The number of aromatic nitrogens is 1. The number of ether oxygens (including phenoxy) is 1. The molecule has 7 nitrogen and oxygen atoms in total. The second kappa shape index (κ2) is 11.5. The van der Waals surface area contributed by atoms with Crippen LogP contribution in [0.15, 0.2) is 46.3 Å². The third kappa shape index (κ3) is 5.81. The smallest absolute Gasteiger partial charge is 0.279 e. The Morgan fingerprint density at radius 2 is 1.74 bits per heavy atom. The van der Waals surface area contributed by atoms with Crippen molar-refractivity contribution in [1.29, 1.82) is 0 Å². The Balaban J connectivity index is 1.65. The maximum Gasteiger partial charge on any atom is 0.279 e. The highest BCUT2D eigenvalue weighted by molar-refractivity contribution is 7.89. The molecule has 0 bridgehead atoms. The number of fused-ring (bicyclic) bond motifs is 1. The molecule has 4 rings (SSSR count). The first-order valence-corrected chi connectivity index (χ1v) is 14.6. The molecular formula is C24H27Cl2N3O4S2. The normalized spacial score (nSPS) is 16.0. The minimum Gasteiger partial charge on any atom is -0.380 e. The fourth-order valence-corrected chi connectivity index (χ4v) is 7.10. The minimum atomic E-state index is -3.58. The molecular weight excluding hydrogens is 529 g/mol. The second-order valence-electron chi connectivity index (χ2n) is 8.20. The summed E-state index contributed by atoms with van der Waals surface area (Å²) in [5.74, 6) is -0.470. The van der Waals surface area contributed by atoms with Crippen LogP contribution in [-0.2, 0) is 21.3 Å². The van der Waals surface area contributed by atoms with Crippen LogP contribution in [-0.4, -0.2) is 49.5 Å². The summed E-state index contributed by atoms with van der Waals surface area (Å²) in [7, 11) is -3.58. The van der Waals surface area contributed by atoms with Gasteiger partial charge in [-0.25, -0.2) is 8.42 Å². The van der Waals surface area contributed by atoms with Crippen molar-refractivity contribution >= 4 is 60.7 Å². The first-order valence-electron chi connectivity index (χ1n) is 11.6. The number of amides is 1. The Kier molecular flexibility index (Phi) is 8.67. The molecule has 2 aromatic carbocycles. The number of carbonyl (C=O) groups excluding carboxylic acids is 1. The van der Waals surface area contributed by atoms with Gasteiger partial charge in [0, 0.05) is 31.8 Å². The Bertz CT molecular complexity index is 1370. The van der Waals surface area contributed by atoms with Crippen LogP contribution in [0.3, 0.4) is 0 Å². The van der Waals surface area contributed by atoms with Crippen molar-refractivity contribution in [3.63, 3.8) is 0 Å². The fraction of sp³-hybridized carbons (Fsp3) is 0.417. The van der Waals surface area contributed by atoms with Crippen molar-refractivity contribution in [2.24, 2.45) is 4.99 Å². The fourth-order valence-electron chi connectivity index (χ4n) is 4.05. The van der Waals surface area contributed by atoms with Gasteiger partial charge in [0.2, 0.25) is 10.0 Å². The van der Waals surface area contributed by atoms with E-state index < -0.39 is 15.9 Å². The summed E-state index contributed by atoms with van der Waals surface area (Å²) >= 11 is 14.0. The molecule has 0 unspecified atom stereocenters. The van der Waals surface area contributed by atoms with Gasteiger partial charge in [-0.2, -0.15) is 9.30 Å². The van der Waals surface area contributed by atoms with E-state index in [9.17, 15) is 13.2 Å². The molecule has 11 heteroatoms. The molecule has 1 fully saturated rings. The van der Waals surface area contributed by atoms with Gasteiger partial charge >= 0.3 is 0 Å². The third-order valence-electron chi connectivity index (χ3n) is 5.90. The highest BCUT2D eigenvalue weighted by Gasteiger charge is 2.25. The molecule has 1 aliphatic rings. The predicted octanol–water partition coefficient (Wildman–Crippen LogP) is 5.35. The SMILES string of the molecule is CCOCCn1c(=NC(=O)c2ccc(S(=O)(=O)N3CCCCCC3)cc2)sc2ccc(Cl)c(Cl)c21. The van der Waals surface area contributed by atoms with E-state index in [-0.39, 0.29) is 4.90 Å². The van der Waals surface area contributed by atoms with Crippen molar-refractivity contribution in [3.8, 4) is 0 Å². The molecule has 0 N–H and O–H groups in total. The standard InChI is InChI=1S/C24H27Cl2N3O4S2/c1-2-33-16-15-29-22-20(12-11-19(25)21(22)26)34-24(29)27-23(30)17-7-9-18(10-8-17)35(31,32)28-13-5-3-4-6-14-28/h7-12H,2-6,13-16H2,1H3. The van der Waals surface area contributed by atoms with Crippen molar-refractivity contribution in [2.75, 3.05) is 26.3 Å². The first-order chi connectivity index (χ1) is 16.8. The maximum absolute atomic E-state index is 13.0. The van der Waals surface area contributed by atoms with Crippen LogP contribution in [0.4, 0.5) is 0 Å². The van der Waals surface area contributed by atoms with Crippen LogP contribution < -0.4 is 4.80 Å². The molecule has 0 spiro atoms. The van der Waals surface area contributed by atoms with Gasteiger partial charge in [-0.1, -0.05) is 47.4 Å². The summed E-state index contributed by atoms with van der Waals surface area (Å²) in [6, 6.07) is 9.54. The third-order valence-corrected chi connectivity index (χ3v) is 9.65. The summed E-state index contributed by atoms with van der Waals surface area (Å²) < 4.78 is 35.8. The molecule has 188 valence electrons. The molecule has 1 amide bonds. The Morgan fingerprint density at radius 3 is 2.40 bits per heavy atom. The quantitative estimate of drug-likeness (QED) is 0.368. The Morgan fingerprint density at radius 1 is 1.06 bits per heavy atom. The van der Waals surface area contributed by atoms with Crippen LogP contribution in [0, 0.1) is 0 Å². The monoisotopic (exact) mass is 555 g/mol. The molecule has 1 aliphatic heterocycles. The van der Waals surface area contributed by atoms with E-state index in [0.29, 0.717) is 58.8 Å². The van der Waals surface area contributed by atoms with Gasteiger partial charge in [0.05, 0.1) is 31.8 Å². The summed E-state index contributed by atoms with van der Waals surface area (Å²) in [4.78, 5) is 18.0. The van der Waals surface area contributed by atoms with Gasteiger partial charge in [-0.3, -0.25) is 4.79 Å². The van der Waals surface area contributed by atoms with E-state index in [2.05, 4.69) is 4.99 Å². The van der Waals surface area contributed by atoms with E-state index in [0.717, 1.165) is 30.4 Å². The van der Waals surface area contributed by atoms with Crippen LogP contribution in [0.1, 0.15) is 43.0 Å². The highest BCUT2D eigenvalue weighted by Crippen LogP contribution is 2.32. The Hall–Kier alpha value is -1.75. The molecule has 1 saturated heterocycles. The summed E-state index contributed by atoms with van der Waals surface area (Å²) in [5.41, 5.74) is 1.01. The lowest BCUT2D eigenvalue weighted by atomic mass is 10.2. The number of carbonyl (C=O) groups is 1. The van der Waals surface area contributed by atoms with E-state index in [1.54, 1.807) is 6.07 Å². The van der Waals surface area contributed by atoms with E-state index in [1.807, 2.05) is 17.6 Å². The van der Waals surface area contributed by atoms with Crippen LogP contribution >= 0.6 is 34.5 Å². The van der Waals surface area contributed by atoms with E-state index in [4.69, 9.17) is 27.9 Å². The second-order valence-corrected chi connectivity index (χ2v) is 11.9. The van der Waals surface area contributed by atoms with Crippen molar-refractivity contribution in [2.45, 2.75) is 44.0 Å². The summed E-state index contributed by atoms with van der Waals surface area (Å²) in [6.45, 7) is 4.40. The number of thiazole rings is 1. The lowest BCUT2D eigenvalue weighted by molar-refractivity contribution is 0.0996. The lowest BCUT2D eigenvalue weighted by Crippen LogP contribution is -2.31. The number of rotatable bonds is 7. The number of halogens is 2. The van der Waals surface area contributed by atoms with Crippen LogP contribution in [0.5, 0.6) is 0 Å². The maximum atomic E-state index is 13.0. The zero-order chi connectivity index (χ0) is 25.0. The van der Waals surface area contributed by atoms with Gasteiger partial charge in [0.25, 0.3) is 5.91 Å². The molecule has 0 aliphatic carbocycles. The molecule has 2 heterocycles. The number of hydrogen-bond acceptors (Lipinski definition) is 5. The van der Waals surface area contributed by atoms with Gasteiger partial charge in [0.1, 0.15) is 0 Å². The van der Waals surface area contributed by atoms with Crippen molar-refractivity contribution < 1.29 is 17.9 Å². The number of nitrogens with zero attached hydrogens (tertiary/aromatic N) is 3. The van der Waals surface area contributed by atoms with Gasteiger partial charge in [-0.05, 0) is 56.2 Å². The molecule has 3 aromatic rings. The minimum absolute atomic E-state index is 0.186. The molecule has 0 radical (unpaired) electrons. The Labute approximate surface area is 219 Å². The number of hydrogen-bond donors (Lipinski definition) is 0. The van der Waals surface area contributed by atoms with E-state index >= 15 is 0 Å². The molecule has 35 heavy (non-hydrogen) atoms. The van der Waals surface area contributed by atoms with Crippen molar-refractivity contribution in [1.82, 2.24) is 8.87 Å². The van der Waals surface area contributed by atoms with E-state index in [1.165, 1.54) is 39.9 Å². The van der Waals surface area contributed by atoms with Gasteiger partial charge < -0.3 is 9.30 Å².